The van der Waals surface area contributed by atoms with E-state index in [9.17, 15) is 4.79 Å². The van der Waals surface area contributed by atoms with Gasteiger partial charge in [0.2, 0.25) is 0 Å². The van der Waals surface area contributed by atoms with Gasteiger partial charge >= 0.3 is 5.97 Å². The van der Waals surface area contributed by atoms with Crippen LogP contribution in [0.2, 0.25) is 0 Å². The normalized spacial score (nSPS) is 26.5. The summed E-state index contributed by atoms with van der Waals surface area (Å²) in [5, 5.41) is 0. The van der Waals surface area contributed by atoms with Gasteiger partial charge in [0.25, 0.3) is 0 Å². The van der Waals surface area contributed by atoms with Gasteiger partial charge in [-0.2, -0.15) is 0 Å². The van der Waals surface area contributed by atoms with Crippen LogP contribution in [0.5, 0.6) is 0 Å². The van der Waals surface area contributed by atoms with E-state index in [1.807, 2.05) is 364 Å². The summed E-state index contributed by atoms with van der Waals surface area (Å²) in [6.07, 6.45) is -25.0. The largest absolute Gasteiger partial charge is 0.454 e. The molecule has 0 saturated carbocycles. The first-order chi connectivity index (χ1) is 65.3. The zero-order chi connectivity index (χ0) is 89.5. The van der Waals surface area contributed by atoms with Crippen molar-refractivity contribution in [2.24, 2.45) is 0 Å². The molecule has 132 heavy (non-hydrogen) atoms. The van der Waals surface area contributed by atoms with Crippen LogP contribution in [0.15, 0.2) is 364 Å². The van der Waals surface area contributed by atoms with Crippen molar-refractivity contribution in [3.8, 4) is 0 Å². The number of hydrogen-bond acceptors (Lipinski definition) is 22. The predicted octanol–water partition coefficient (Wildman–Crippen LogP) is 18.1. The van der Waals surface area contributed by atoms with Crippen molar-refractivity contribution in [2.75, 3.05) is 26.4 Å². The lowest BCUT2D eigenvalue weighted by Gasteiger charge is -2.53. The predicted molar refractivity (Wildman–Crippen MR) is 489 cm³/mol. The smallest absolute Gasteiger partial charge is 0.303 e. The van der Waals surface area contributed by atoms with E-state index in [-0.39, 0.29) is 99.1 Å². The molecule has 5 fully saturated rings. The Hall–Kier alpha value is -10.7. The van der Waals surface area contributed by atoms with Crippen LogP contribution in [0.4, 0.5) is 0 Å². The molecule has 17 rings (SSSR count). The van der Waals surface area contributed by atoms with Gasteiger partial charge in [0, 0.05) is 12.5 Å². The monoisotopic (exact) mass is 1790 g/mol. The van der Waals surface area contributed by atoms with Crippen LogP contribution in [-0.4, -0.2) is 155 Å². The van der Waals surface area contributed by atoms with Crippen molar-refractivity contribution in [3.63, 3.8) is 0 Å². The average molecular weight is 1790 g/mol. The lowest BCUT2D eigenvalue weighted by Crippen LogP contribution is -2.70. The Labute approximate surface area is 771 Å². The summed E-state index contributed by atoms with van der Waals surface area (Å²) in [6.45, 7) is 2.47. The van der Waals surface area contributed by atoms with Crippen molar-refractivity contribution in [1.82, 2.24) is 0 Å². The highest BCUT2D eigenvalue weighted by atomic mass is 16.8. The molecule has 0 unspecified atom stereocenters. The van der Waals surface area contributed by atoms with Gasteiger partial charge in [-0.05, 0) is 61.2 Å². The zero-order valence-corrected chi connectivity index (χ0v) is 73.9. The number of hydrogen-bond donors (Lipinski definition) is 0. The van der Waals surface area contributed by atoms with E-state index >= 15 is 0 Å². The molecule has 0 radical (unpaired) electrons. The Bertz CT molecular complexity index is 5260. The van der Waals surface area contributed by atoms with Crippen molar-refractivity contribution in [1.29, 1.82) is 0 Å². The van der Waals surface area contributed by atoms with Crippen LogP contribution < -0.4 is 0 Å². The highest BCUT2D eigenvalue weighted by molar-refractivity contribution is 5.66. The Morgan fingerprint density at radius 3 is 0.826 bits per heavy atom. The van der Waals surface area contributed by atoms with E-state index in [0.717, 1.165) is 61.2 Å². The van der Waals surface area contributed by atoms with E-state index in [1.54, 1.807) is 0 Å². The molecule has 5 aliphatic heterocycles. The minimum absolute atomic E-state index is 0.000813. The molecule has 12 aromatic carbocycles. The van der Waals surface area contributed by atoms with Gasteiger partial charge in [-0.1, -0.05) is 364 Å². The van der Waals surface area contributed by atoms with E-state index in [1.165, 1.54) is 6.92 Å². The number of carbonyl (C=O) groups is 1. The summed E-state index contributed by atoms with van der Waals surface area (Å²) >= 11 is 0. The molecular weight excluding hydrogens is 1670 g/mol. The van der Waals surface area contributed by atoms with E-state index < -0.39 is 135 Å². The molecule has 5 aliphatic rings. The minimum Gasteiger partial charge on any atom is -0.454 e. The highest BCUT2D eigenvalue weighted by Crippen LogP contribution is 2.44. The fourth-order valence-electron chi connectivity index (χ4n) is 17.1. The van der Waals surface area contributed by atoms with Gasteiger partial charge in [-0.3, -0.25) is 4.79 Å². The second kappa shape index (κ2) is 48.8. The van der Waals surface area contributed by atoms with Gasteiger partial charge in [0.15, 0.2) is 37.6 Å². The molecular formula is C110H114O22. The molecule has 12 aromatic rings. The Kier molecular flexibility index (Phi) is 34.4. The van der Waals surface area contributed by atoms with Gasteiger partial charge in [-0.25, -0.2) is 0 Å². The molecule has 0 spiro atoms. The number of benzene rings is 12. The standard InChI is InChI=1S/C110H114O22/c1-77(111)124-105-101(97-93(76-123-106(129-97)89-60-36-13-37-61-89)128-110(105)132-104-99(119-69-85-52-28-9-29-53-85)95(116-66-82-46-22-6-23-47-82)90(73-112-62-78-38-14-2-15-39-78)125-107(104)122-72-88-58-34-12-35-59-88)131-109-103(121-71-87-56-32-11-33-57-87)100(96(117-67-83-48-24-7-25-49-83)92(127-109)75-114-64-80-42-18-4-19-43-80)130-108-102(120-70-86-54-30-10-31-55-86)98(118-68-84-50-26-8-27-51-84)94(115-65-81-44-20-5-21-45-81)91(126-108)74-113-63-79-40-16-3-17-41-79/h2-61,90-110H,62-76H2,1H3/t90-,91-,92-,93-,94-,95-,96-,97-,98+,99+,100+,101+,102-,103-,104+,105+,106-,107-,108-,109-,110-/m1/s1. The zero-order valence-electron chi connectivity index (χ0n) is 73.9. The van der Waals surface area contributed by atoms with E-state index in [4.69, 9.17) is 99.5 Å². The third-order valence-corrected chi connectivity index (χ3v) is 23.7. The summed E-state index contributed by atoms with van der Waals surface area (Å²) in [6, 6.07) is 118. The molecule has 5 saturated heterocycles. The first-order valence-corrected chi connectivity index (χ1v) is 45.4. The first kappa shape index (κ1) is 93.1. The molecule has 22 heteroatoms. The van der Waals surface area contributed by atoms with Crippen molar-refractivity contribution >= 4 is 5.97 Å². The van der Waals surface area contributed by atoms with Gasteiger partial charge < -0.3 is 99.5 Å². The maximum absolute atomic E-state index is 14.8. The molecule has 0 aliphatic carbocycles. The number of carbonyl (C=O) groups excluding carboxylic acids is 1. The first-order valence-electron chi connectivity index (χ1n) is 45.4. The summed E-state index contributed by atoms with van der Waals surface area (Å²) in [4.78, 5) is 14.8. The van der Waals surface area contributed by atoms with Gasteiger partial charge in [0.05, 0.1) is 99.1 Å². The van der Waals surface area contributed by atoms with E-state index in [2.05, 4.69) is 0 Å². The molecule has 0 amide bonds. The van der Waals surface area contributed by atoms with Crippen LogP contribution in [0.3, 0.4) is 0 Å². The maximum atomic E-state index is 14.8. The summed E-state index contributed by atoms with van der Waals surface area (Å²) in [7, 11) is 0. The minimum atomic E-state index is -1.60. The molecule has 686 valence electrons. The number of ether oxygens (including phenoxy) is 21. The summed E-state index contributed by atoms with van der Waals surface area (Å²) in [5.41, 5.74) is 10.4. The van der Waals surface area contributed by atoms with Gasteiger partial charge in [0.1, 0.15) is 91.6 Å². The molecule has 0 bridgehead atoms. The van der Waals surface area contributed by atoms with Crippen molar-refractivity contribution in [2.45, 2.75) is 209 Å². The van der Waals surface area contributed by atoms with Crippen LogP contribution in [-0.2, 0) is 177 Å². The van der Waals surface area contributed by atoms with Crippen molar-refractivity contribution in [3.05, 3.63) is 431 Å². The average Bonchev–Trinajstić information content (AvgIpc) is 0.750. The third-order valence-electron chi connectivity index (χ3n) is 23.7. The number of esters is 1. The quantitative estimate of drug-likeness (QED) is 0.0325. The van der Waals surface area contributed by atoms with Gasteiger partial charge in [-0.15, -0.1) is 0 Å². The fourth-order valence-corrected chi connectivity index (χ4v) is 17.1. The Morgan fingerprint density at radius 1 is 0.242 bits per heavy atom. The van der Waals surface area contributed by atoms with Crippen LogP contribution in [0.25, 0.3) is 0 Å². The second-order valence-electron chi connectivity index (χ2n) is 33.4. The number of rotatable bonds is 44. The third kappa shape index (κ3) is 26.2. The molecule has 5 heterocycles. The molecule has 0 N–H and O–H groups in total. The molecule has 0 aromatic heterocycles. The Morgan fingerprint density at radius 2 is 0.492 bits per heavy atom. The van der Waals surface area contributed by atoms with Crippen LogP contribution in [0.1, 0.15) is 80.0 Å². The maximum Gasteiger partial charge on any atom is 0.303 e. The summed E-state index contributed by atoms with van der Waals surface area (Å²) < 4.78 is 154. The lowest BCUT2D eigenvalue weighted by molar-refractivity contribution is -0.419. The number of fused-ring (bicyclic) bond motifs is 1. The molecule has 22 nitrogen and oxygen atoms in total. The topological polar surface area (TPSA) is 211 Å². The van der Waals surface area contributed by atoms with Crippen LogP contribution >= 0.6 is 0 Å². The SMILES string of the molecule is CC(=O)O[C@@H]1[C@@H](O[C@@H]2[C@H](OCc3ccccc3)O[C@H](COCc3ccccc3)[C@@H](OCc3ccccc3)[C@@H]2OCc2ccccc2)O[C@@H]2CO[C@@H](c3ccccc3)O[C@H]2[C@@H]1O[C@H]1O[C@H](COCc2ccccc2)[C@@H](OCc2ccccc2)[C@H](O[C@H]2O[C@H](COCc3ccccc3)[C@@H](OCc3ccccc3)[C@H](OCc3ccccc3)[C@H]2OCc2ccccc2)[C@H]1OCc1ccccc1. The van der Waals surface area contributed by atoms with Crippen molar-refractivity contribution < 1.29 is 104 Å². The summed E-state index contributed by atoms with van der Waals surface area (Å²) in [5.74, 6) is -0.720. The lowest BCUT2D eigenvalue weighted by atomic mass is 9.94. The van der Waals surface area contributed by atoms with E-state index in [0.29, 0.717) is 5.56 Å². The Balaban J connectivity index is 0.808. The van der Waals surface area contributed by atoms with Crippen LogP contribution in [0, 0.1) is 0 Å². The second-order valence-corrected chi connectivity index (χ2v) is 33.4. The fraction of sp³-hybridized carbons (Fsp3) is 0.336. The highest BCUT2D eigenvalue weighted by Gasteiger charge is 2.61. The molecule has 21 atom stereocenters.